The molecule has 7 heteroatoms. The summed E-state index contributed by atoms with van der Waals surface area (Å²) in [6.07, 6.45) is 0. The molecule has 0 heterocycles. The quantitative estimate of drug-likeness (QED) is 0.596. The number of aryl methyl sites for hydroxylation is 1. The standard InChI is InChI=1S/C24H26N2O4S/c1-17-16-20(24(27)25-18(2)19-10-13-21(30-4)14-11-19)12-15-23(17)26(3)31(28,29)22-8-6-5-7-9-22/h5-16,18H,1-4H3,(H,25,27)/t18-/m0/s1. The summed E-state index contributed by atoms with van der Waals surface area (Å²) in [7, 11) is -0.570. The summed E-state index contributed by atoms with van der Waals surface area (Å²) in [5.41, 5.74) is 2.62. The molecule has 0 unspecified atom stereocenters. The van der Waals surface area contributed by atoms with Crippen molar-refractivity contribution >= 4 is 21.6 Å². The van der Waals surface area contributed by atoms with Crippen molar-refractivity contribution in [1.29, 1.82) is 0 Å². The first kappa shape index (κ1) is 22.4. The summed E-state index contributed by atoms with van der Waals surface area (Å²) in [5, 5.41) is 2.97. The highest BCUT2D eigenvalue weighted by Gasteiger charge is 2.23. The van der Waals surface area contributed by atoms with E-state index in [1.165, 1.54) is 11.4 Å². The number of ether oxygens (including phenoxy) is 1. The molecule has 0 radical (unpaired) electrons. The topological polar surface area (TPSA) is 75.7 Å². The summed E-state index contributed by atoms with van der Waals surface area (Å²) >= 11 is 0. The maximum absolute atomic E-state index is 12.9. The molecule has 0 bridgehead atoms. The third-order valence-electron chi connectivity index (χ3n) is 5.16. The molecule has 31 heavy (non-hydrogen) atoms. The Hall–Kier alpha value is -3.32. The number of sulfonamides is 1. The molecule has 0 spiro atoms. The number of amides is 1. The molecular weight excluding hydrogens is 412 g/mol. The first-order valence-corrected chi connectivity index (χ1v) is 11.3. The summed E-state index contributed by atoms with van der Waals surface area (Å²) in [6.45, 7) is 3.69. The van der Waals surface area contributed by atoms with Gasteiger partial charge >= 0.3 is 0 Å². The molecule has 1 N–H and O–H groups in total. The minimum atomic E-state index is -3.69. The molecule has 1 atom stereocenters. The Kier molecular flexibility index (Phi) is 6.65. The summed E-state index contributed by atoms with van der Waals surface area (Å²) in [4.78, 5) is 13.0. The molecule has 0 fully saturated rings. The Morgan fingerprint density at radius 1 is 1.00 bits per heavy atom. The van der Waals surface area contributed by atoms with E-state index in [0.29, 0.717) is 16.8 Å². The van der Waals surface area contributed by atoms with Crippen molar-refractivity contribution in [3.63, 3.8) is 0 Å². The van der Waals surface area contributed by atoms with Crippen LogP contribution in [-0.4, -0.2) is 28.5 Å². The highest BCUT2D eigenvalue weighted by Crippen LogP contribution is 2.26. The van der Waals surface area contributed by atoms with Crippen LogP contribution in [0.15, 0.2) is 77.7 Å². The van der Waals surface area contributed by atoms with Gasteiger partial charge in [-0.05, 0) is 67.4 Å². The number of hydrogen-bond donors (Lipinski definition) is 1. The Labute approximate surface area is 183 Å². The highest BCUT2D eigenvalue weighted by molar-refractivity contribution is 7.92. The van der Waals surface area contributed by atoms with Gasteiger partial charge in [0.05, 0.1) is 23.7 Å². The van der Waals surface area contributed by atoms with Crippen molar-refractivity contribution in [2.24, 2.45) is 0 Å². The SMILES string of the molecule is COc1ccc([C@H](C)NC(=O)c2ccc(N(C)S(=O)(=O)c3ccccc3)c(C)c2)cc1. The smallest absolute Gasteiger partial charge is 0.264 e. The number of benzene rings is 3. The van der Waals surface area contributed by atoms with Crippen LogP contribution in [0, 0.1) is 6.92 Å². The van der Waals surface area contributed by atoms with E-state index < -0.39 is 10.0 Å². The monoisotopic (exact) mass is 438 g/mol. The fraction of sp³-hybridized carbons (Fsp3) is 0.208. The average Bonchev–Trinajstić information content (AvgIpc) is 2.79. The third-order valence-corrected chi connectivity index (χ3v) is 6.95. The van der Waals surface area contributed by atoms with Crippen LogP contribution in [0.1, 0.15) is 34.5 Å². The van der Waals surface area contributed by atoms with Gasteiger partial charge in [0.1, 0.15) is 5.75 Å². The van der Waals surface area contributed by atoms with Crippen LogP contribution >= 0.6 is 0 Å². The van der Waals surface area contributed by atoms with Crippen LogP contribution in [0.3, 0.4) is 0 Å². The highest BCUT2D eigenvalue weighted by atomic mass is 32.2. The minimum absolute atomic E-state index is 0.195. The number of carbonyl (C=O) groups excluding carboxylic acids is 1. The predicted molar refractivity (Wildman–Crippen MR) is 122 cm³/mol. The van der Waals surface area contributed by atoms with Crippen LogP contribution in [0.25, 0.3) is 0 Å². The Morgan fingerprint density at radius 2 is 1.65 bits per heavy atom. The number of hydrogen-bond acceptors (Lipinski definition) is 4. The van der Waals surface area contributed by atoms with Gasteiger partial charge in [-0.25, -0.2) is 8.42 Å². The molecule has 6 nitrogen and oxygen atoms in total. The van der Waals surface area contributed by atoms with E-state index >= 15 is 0 Å². The molecular formula is C24H26N2O4S. The molecule has 3 aromatic rings. The van der Waals surface area contributed by atoms with Gasteiger partial charge in [-0.15, -0.1) is 0 Å². The summed E-state index contributed by atoms with van der Waals surface area (Å²) in [6, 6.07) is 20.6. The maximum Gasteiger partial charge on any atom is 0.264 e. The van der Waals surface area contributed by atoms with Gasteiger partial charge in [0.2, 0.25) is 0 Å². The maximum atomic E-state index is 12.9. The molecule has 0 aliphatic carbocycles. The molecule has 0 aliphatic heterocycles. The lowest BCUT2D eigenvalue weighted by Gasteiger charge is -2.22. The molecule has 3 aromatic carbocycles. The van der Waals surface area contributed by atoms with Crippen molar-refractivity contribution in [2.75, 3.05) is 18.5 Å². The predicted octanol–water partition coefficient (Wildman–Crippen LogP) is 4.32. The second-order valence-electron chi connectivity index (χ2n) is 7.26. The van der Waals surface area contributed by atoms with Gasteiger partial charge in [0, 0.05) is 12.6 Å². The van der Waals surface area contributed by atoms with E-state index in [1.54, 1.807) is 62.6 Å². The number of carbonyl (C=O) groups is 1. The van der Waals surface area contributed by atoms with Crippen LogP contribution in [0.2, 0.25) is 0 Å². The number of rotatable bonds is 7. The van der Waals surface area contributed by atoms with Crippen molar-refractivity contribution < 1.29 is 17.9 Å². The van der Waals surface area contributed by atoms with E-state index in [1.807, 2.05) is 31.2 Å². The second-order valence-corrected chi connectivity index (χ2v) is 9.22. The lowest BCUT2D eigenvalue weighted by Crippen LogP contribution is -2.28. The van der Waals surface area contributed by atoms with Gasteiger partial charge in [-0.2, -0.15) is 0 Å². The summed E-state index contributed by atoms with van der Waals surface area (Å²) in [5.74, 6) is 0.523. The average molecular weight is 439 g/mol. The van der Waals surface area contributed by atoms with Crippen LogP contribution in [-0.2, 0) is 10.0 Å². The van der Waals surface area contributed by atoms with Crippen molar-refractivity contribution in [3.8, 4) is 5.75 Å². The molecule has 162 valence electrons. The first-order chi connectivity index (χ1) is 14.7. The van der Waals surface area contributed by atoms with E-state index in [-0.39, 0.29) is 16.8 Å². The van der Waals surface area contributed by atoms with E-state index in [2.05, 4.69) is 5.32 Å². The van der Waals surface area contributed by atoms with Crippen molar-refractivity contribution in [2.45, 2.75) is 24.8 Å². The molecule has 0 aliphatic rings. The Balaban J connectivity index is 1.77. The Bertz CT molecular complexity index is 1160. The number of anilines is 1. The lowest BCUT2D eigenvalue weighted by atomic mass is 10.1. The minimum Gasteiger partial charge on any atom is -0.497 e. The summed E-state index contributed by atoms with van der Waals surface area (Å²) < 4.78 is 32.2. The van der Waals surface area contributed by atoms with E-state index in [4.69, 9.17) is 4.74 Å². The fourth-order valence-corrected chi connectivity index (χ4v) is 4.57. The normalized spacial score (nSPS) is 12.1. The molecule has 3 rings (SSSR count). The zero-order valence-corrected chi connectivity index (χ0v) is 18.8. The van der Waals surface area contributed by atoms with Crippen LogP contribution in [0.4, 0.5) is 5.69 Å². The first-order valence-electron chi connectivity index (χ1n) is 9.83. The van der Waals surface area contributed by atoms with Crippen LogP contribution in [0.5, 0.6) is 5.75 Å². The Morgan fingerprint density at radius 3 is 2.23 bits per heavy atom. The van der Waals surface area contributed by atoms with Gasteiger partial charge in [0.15, 0.2) is 0 Å². The van der Waals surface area contributed by atoms with Crippen molar-refractivity contribution in [3.05, 3.63) is 89.5 Å². The third kappa shape index (κ3) is 4.88. The molecule has 0 aromatic heterocycles. The van der Waals surface area contributed by atoms with Gasteiger partial charge in [-0.3, -0.25) is 9.10 Å². The second kappa shape index (κ2) is 9.22. The fourth-order valence-electron chi connectivity index (χ4n) is 3.29. The zero-order chi connectivity index (χ0) is 22.6. The van der Waals surface area contributed by atoms with Gasteiger partial charge in [0.25, 0.3) is 15.9 Å². The van der Waals surface area contributed by atoms with Crippen LogP contribution < -0.4 is 14.4 Å². The molecule has 1 amide bonds. The van der Waals surface area contributed by atoms with Gasteiger partial charge in [-0.1, -0.05) is 30.3 Å². The number of nitrogens with zero attached hydrogens (tertiary/aromatic N) is 1. The van der Waals surface area contributed by atoms with Crippen molar-refractivity contribution in [1.82, 2.24) is 5.32 Å². The largest absolute Gasteiger partial charge is 0.497 e. The lowest BCUT2D eigenvalue weighted by molar-refractivity contribution is 0.0940. The van der Waals surface area contributed by atoms with Gasteiger partial charge < -0.3 is 10.1 Å². The number of nitrogens with one attached hydrogen (secondary N) is 1. The molecule has 0 saturated carbocycles. The van der Waals surface area contributed by atoms with E-state index in [0.717, 1.165) is 11.3 Å². The van der Waals surface area contributed by atoms with E-state index in [9.17, 15) is 13.2 Å². The molecule has 0 saturated heterocycles. The number of methoxy groups -OCH3 is 1. The zero-order valence-electron chi connectivity index (χ0n) is 18.0.